The van der Waals surface area contributed by atoms with E-state index >= 15 is 0 Å². The minimum Gasteiger partial charge on any atom is -0.480 e. The van der Waals surface area contributed by atoms with Crippen molar-refractivity contribution in [3.05, 3.63) is 0 Å². The van der Waals surface area contributed by atoms with Gasteiger partial charge in [-0.1, -0.05) is 20.8 Å². The number of likely N-dealkylation sites (tertiary alicyclic amines) is 2. The highest BCUT2D eigenvalue weighted by Crippen LogP contribution is 2.29. The molecular formula is C16H28N2O3. The van der Waals surface area contributed by atoms with Crippen LogP contribution in [0.1, 0.15) is 52.9 Å². The summed E-state index contributed by atoms with van der Waals surface area (Å²) in [5.41, 5.74) is -0.288. The Balaban J connectivity index is 1.92. The van der Waals surface area contributed by atoms with Crippen LogP contribution in [0.2, 0.25) is 0 Å². The molecule has 0 aliphatic carbocycles. The first kappa shape index (κ1) is 16.3. The fourth-order valence-corrected chi connectivity index (χ4v) is 3.47. The molecule has 120 valence electrons. The molecule has 0 bridgehead atoms. The predicted octanol–water partition coefficient (Wildman–Crippen LogP) is 1.96. The van der Waals surface area contributed by atoms with Crippen molar-refractivity contribution in [2.45, 2.75) is 65.0 Å². The molecule has 1 atom stereocenters. The Hall–Kier alpha value is -1.10. The second-order valence-corrected chi connectivity index (χ2v) is 6.99. The molecule has 0 aromatic carbocycles. The average molecular weight is 296 g/mol. The van der Waals surface area contributed by atoms with Crippen LogP contribution in [0, 0.1) is 5.41 Å². The fraction of sp³-hybridized carbons (Fsp3) is 0.875. The van der Waals surface area contributed by atoms with Gasteiger partial charge in [0.15, 0.2) is 0 Å². The molecule has 0 aromatic heterocycles. The van der Waals surface area contributed by atoms with Gasteiger partial charge in [0.25, 0.3) is 0 Å². The molecule has 5 heteroatoms. The Kier molecular flexibility index (Phi) is 4.91. The Bertz CT molecular complexity index is 400. The summed E-state index contributed by atoms with van der Waals surface area (Å²) < 4.78 is 0. The largest absolute Gasteiger partial charge is 0.480 e. The number of carboxylic acid groups (broad SMARTS) is 1. The SMILES string of the molecule is CCC(C)(C)C(=O)N1CCC(N2CCCC2C(=O)O)CC1. The first-order valence-electron chi connectivity index (χ1n) is 8.14. The third-order valence-electron chi connectivity index (χ3n) is 5.26. The number of aliphatic carboxylic acids is 1. The Morgan fingerprint density at radius 3 is 2.29 bits per heavy atom. The summed E-state index contributed by atoms with van der Waals surface area (Å²) in [6.07, 6.45) is 4.37. The van der Waals surface area contributed by atoms with E-state index in [2.05, 4.69) is 4.90 Å². The van der Waals surface area contributed by atoms with Gasteiger partial charge in [-0.2, -0.15) is 0 Å². The minimum atomic E-state index is -0.696. The topological polar surface area (TPSA) is 60.9 Å². The zero-order chi connectivity index (χ0) is 15.6. The van der Waals surface area contributed by atoms with Gasteiger partial charge in [0.2, 0.25) is 5.91 Å². The van der Waals surface area contributed by atoms with Gasteiger partial charge in [0.05, 0.1) is 0 Å². The number of carbonyl (C=O) groups excluding carboxylic acids is 1. The van der Waals surface area contributed by atoms with Crippen LogP contribution in [0.4, 0.5) is 0 Å². The van der Waals surface area contributed by atoms with Gasteiger partial charge in [0, 0.05) is 24.5 Å². The number of nitrogens with zero attached hydrogens (tertiary/aromatic N) is 2. The van der Waals surface area contributed by atoms with Crippen LogP contribution >= 0.6 is 0 Å². The van der Waals surface area contributed by atoms with Crippen molar-refractivity contribution in [2.75, 3.05) is 19.6 Å². The lowest BCUT2D eigenvalue weighted by molar-refractivity contribution is -0.146. The van der Waals surface area contributed by atoms with E-state index in [1.807, 2.05) is 25.7 Å². The van der Waals surface area contributed by atoms with Crippen molar-refractivity contribution < 1.29 is 14.7 Å². The second kappa shape index (κ2) is 6.34. The predicted molar refractivity (Wildman–Crippen MR) is 81.0 cm³/mol. The number of rotatable bonds is 4. The van der Waals surface area contributed by atoms with E-state index in [4.69, 9.17) is 0 Å². The highest BCUT2D eigenvalue weighted by molar-refractivity contribution is 5.82. The second-order valence-electron chi connectivity index (χ2n) is 6.99. The smallest absolute Gasteiger partial charge is 0.320 e. The van der Waals surface area contributed by atoms with Crippen LogP contribution in [-0.2, 0) is 9.59 Å². The summed E-state index contributed by atoms with van der Waals surface area (Å²) in [6, 6.07) is 0.00623. The fourth-order valence-electron chi connectivity index (χ4n) is 3.47. The van der Waals surface area contributed by atoms with Crippen molar-refractivity contribution >= 4 is 11.9 Å². The quantitative estimate of drug-likeness (QED) is 0.861. The molecule has 1 amide bonds. The number of hydrogen-bond donors (Lipinski definition) is 1. The number of carbonyl (C=O) groups is 2. The normalized spacial score (nSPS) is 25.3. The first-order valence-corrected chi connectivity index (χ1v) is 8.14. The van der Waals surface area contributed by atoms with Crippen molar-refractivity contribution in [3.8, 4) is 0 Å². The molecule has 0 aromatic rings. The van der Waals surface area contributed by atoms with Crippen LogP contribution in [0.15, 0.2) is 0 Å². The number of piperidine rings is 1. The lowest BCUT2D eigenvalue weighted by Crippen LogP contribution is -2.51. The van der Waals surface area contributed by atoms with Crippen LogP contribution in [0.3, 0.4) is 0 Å². The summed E-state index contributed by atoms with van der Waals surface area (Å²) in [5.74, 6) is -0.460. The summed E-state index contributed by atoms with van der Waals surface area (Å²) >= 11 is 0. The molecule has 0 saturated carbocycles. The van der Waals surface area contributed by atoms with Gasteiger partial charge in [-0.3, -0.25) is 14.5 Å². The maximum absolute atomic E-state index is 12.5. The Labute approximate surface area is 127 Å². The van der Waals surface area contributed by atoms with Crippen molar-refractivity contribution in [1.82, 2.24) is 9.80 Å². The van der Waals surface area contributed by atoms with Crippen LogP contribution in [0.25, 0.3) is 0 Å². The van der Waals surface area contributed by atoms with Crippen molar-refractivity contribution in [2.24, 2.45) is 5.41 Å². The highest BCUT2D eigenvalue weighted by atomic mass is 16.4. The summed E-state index contributed by atoms with van der Waals surface area (Å²) in [7, 11) is 0. The zero-order valence-electron chi connectivity index (χ0n) is 13.5. The van der Waals surface area contributed by atoms with Crippen molar-refractivity contribution in [3.63, 3.8) is 0 Å². The van der Waals surface area contributed by atoms with E-state index in [9.17, 15) is 14.7 Å². The van der Waals surface area contributed by atoms with Gasteiger partial charge >= 0.3 is 5.97 Å². The molecule has 2 aliphatic heterocycles. The van der Waals surface area contributed by atoms with E-state index in [-0.39, 0.29) is 17.4 Å². The highest BCUT2D eigenvalue weighted by Gasteiger charge is 2.38. The maximum Gasteiger partial charge on any atom is 0.320 e. The first-order chi connectivity index (χ1) is 9.86. The van der Waals surface area contributed by atoms with Crippen LogP contribution in [-0.4, -0.2) is 58.5 Å². The summed E-state index contributed by atoms with van der Waals surface area (Å²) in [6.45, 7) is 8.46. The van der Waals surface area contributed by atoms with E-state index in [0.717, 1.165) is 51.7 Å². The third kappa shape index (κ3) is 3.39. The lowest BCUT2D eigenvalue weighted by Gasteiger charge is -2.40. The zero-order valence-corrected chi connectivity index (χ0v) is 13.5. The lowest BCUT2D eigenvalue weighted by atomic mass is 9.87. The number of hydrogen-bond acceptors (Lipinski definition) is 3. The maximum atomic E-state index is 12.5. The van der Waals surface area contributed by atoms with Crippen LogP contribution in [0.5, 0.6) is 0 Å². The molecule has 1 unspecified atom stereocenters. The molecule has 2 heterocycles. The summed E-state index contributed by atoms with van der Waals surface area (Å²) in [4.78, 5) is 27.9. The molecular weight excluding hydrogens is 268 g/mol. The van der Waals surface area contributed by atoms with E-state index in [1.54, 1.807) is 0 Å². The number of carboxylic acids is 1. The standard InChI is InChI=1S/C16H28N2O3/c1-4-16(2,3)15(21)17-10-7-12(8-11-17)18-9-5-6-13(18)14(19)20/h12-13H,4-11H2,1-3H3,(H,19,20). The number of amides is 1. The molecule has 5 nitrogen and oxygen atoms in total. The minimum absolute atomic E-state index is 0.236. The van der Waals surface area contributed by atoms with Gasteiger partial charge in [-0.15, -0.1) is 0 Å². The molecule has 1 N–H and O–H groups in total. The van der Waals surface area contributed by atoms with Crippen molar-refractivity contribution in [1.29, 1.82) is 0 Å². The molecule has 0 spiro atoms. The molecule has 0 radical (unpaired) electrons. The van der Waals surface area contributed by atoms with E-state index < -0.39 is 5.97 Å². The average Bonchev–Trinajstić information content (AvgIpc) is 2.96. The molecule has 21 heavy (non-hydrogen) atoms. The Morgan fingerprint density at radius 1 is 1.14 bits per heavy atom. The van der Waals surface area contributed by atoms with Gasteiger partial charge in [-0.25, -0.2) is 0 Å². The Morgan fingerprint density at radius 2 is 1.76 bits per heavy atom. The molecule has 2 fully saturated rings. The monoisotopic (exact) mass is 296 g/mol. The van der Waals surface area contributed by atoms with E-state index in [0.29, 0.717) is 6.04 Å². The molecule has 2 saturated heterocycles. The van der Waals surface area contributed by atoms with Gasteiger partial charge in [-0.05, 0) is 38.6 Å². The molecule has 2 aliphatic rings. The molecule has 2 rings (SSSR count). The van der Waals surface area contributed by atoms with E-state index in [1.165, 1.54) is 0 Å². The summed E-state index contributed by atoms with van der Waals surface area (Å²) in [5, 5.41) is 9.29. The third-order valence-corrected chi connectivity index (χ3v) is 5.26. The van der Waals surface area contributed by atoms with Crippen LogP contribution < -0.4 is 0 Å². The van der Waals surface area contributed by atoms with Gasteiger partial charge in [0.1, 0.15) is 6.04 Å². The van der Waals surface area contributed by atoms with Gasteiger partial charge < -0.3 is 10.0 Å².